The second-order valence-corrected chi connectivity index (χ2v) is 6.73. The Morgan fingerprint density at radius 3 is 2.61 bits per heavy atom. The minimum absolute atomic E-state index is 0.232. The molecule has 1 amide bonds. The molecule has 0 unspecified atom stereocenters. The summed E-state index contributed by atoms with van der Waals surface area (Å²) in [4.78, 5) is 14.1. The van der Waals surface area contributed by atoms with E-state index >= 15 is 0 Å². The number of nitrogens with zero attached hydrogens (tertiary/aromatic N) is 1. The Balaban J connectivity index is 1.74. The van der Waals surface area contributed by atoms with Crippen LogP contribution < -0.4 is 10.2 Å². The molecule has 2 heterocycles. The number of nitrogens with one attached hydrogen (secondary N) is 1. The Labute approximate surface area is 139 Å². The number of carbonyl (C=O) groups excluding carboxylic acids is 1. The van der Waals surface area contributed by atoms with Crippen LogP contribution in [-0.2, 0) is 17.8 Å². The highest BCUT2D eigenvalue weighted by Gasteiger charge is 2.39. The maximum atomic E-state index is 12.3. The van der Waals surface area contributed by atoms with E-state index in [-0.39, 0.29) is 5.00 Å². The van der Waals surface area contributed by atoms with Gasteiger partial charge < -0.3 is 10.2 Å². The highest BCUT2D eigenvalue weighted by molar-refractivity contribution is 7.16. The first kappa shape index (κ1) is 16.1. The molecule has 122 valence electrons. The van der Waals surface area contributed by atoms with Crippen LogP contribution in [0.3, 0.4) is 0 Å². The number of anilines is 2. The van der Waals surface area contributed by atoms with Gasteiger partial charge in [0.05, 0.1) is 11.5 Å². The van der Waals surface area contributed by atoms with Gasteiger partial charge in [-0.25, -0.2) is 0 Å². The molecule has 1 aliphatic rings. The highest BCUT2D eigenvalue weighted by atomic mass is 35.5. The van der Waals surface area contributed by atoms with Crippen molar-refractivity contribution in [1.82, 2.24) is 0 Å². The van der Waals surface area contributed by atoms with Crippen LogP contribution in [-0.4, -0.2) is 18.6 Å². The van der Waals surface area contributed by atoms with Crippen LogP contribution in [0, 0.1) is 0 Å². The van der Waals surface area contributed by atoms with E-state index < -0.39 is 12.1 Å². The Morgan fingerprint density at radius 2 is 1.96 bits per heavy atom. The van der Waals surface area contributed by atoms with Crippen LogP contribution in [0.1, 0.15) is 10.4 Å². The summed E-state index contributed by atoms with van der Waals surface area (Å²) in [5.74, 6) is -1.94. The van der Waals surface area contributed by atoms with Crippen LogP contribution in [0.5, 0.6) is 0 Å². The number of hydrogen-bond donors (Lipinski definition) is 1. The predicted molar refractivity (Wildman–Crippen MR) is 85.2 cm³/mol. The van der Waals surface area contributed by atoms with Crippen molar-refractivity contribution in [3.05, 3.63) is 45.8 Å². The maximum Gasteiger partial charge on any atom is 0.471 e. The molecule has 8 heteroatoms. The Morgan fingerprint density at radius 1 is 1.26 bits per heavy atom. The third kappa shape index (κ3) is 3.61. The number of benzene rings is 1. The fourth-order valence-corrected chi connectivity index (χ4v) is 3.69. The molecule has 1 aliphatic heterocycles. The Hall–Kier alpha value is -1.73. The first-order chi connectivity index (χ1) is 10.8. The van der Waals surface area contributed by atoms with Crippen molar-refractivity contribution in [2.45, 2.75) is 19.1 Å². The first-order valence-corrected chi connectivity index (χ1v) is 8.02. The van der Waals surface area contributed by atoms with Crippen LogP contribution >= 0.6 is 22.9 Å². The number of hydrogen-bond acceptors (Lipinski definition) is 3. The van der Waals surface area contributed by atoms with Gasteiger partial charge in [-0.1, -0.05) is 11.6 Å². The second kappa shape index (κ2) is 6.05. The average molecular weight is 361 g/mol. The summed E-state index contributed by atoms with van der Waals surface area (Å²) in [7, 11) is 0. The van der Waals surface area contributed by atoms with E-state index in [4.69, 9.17) is 11.6 Å². The van der Waals surface area contributed by atoms with E-state index in [1.54, 1.807) is 18.2 Å². The highest BCUT2D eigenvalue weighted by Crippen LogP contribution is 2.34. The predicted octanol–water partition coefficient (Wildman–Crippen LogP) is 4.47. The quantitative estimate of drug-likeness (QED) is 0.857. The molecule has 0 saturated heterocycles. The van der Waals surface area contributed by atoms with E-state index in [1.165, 1.54) is 11.3 Å². The molecule has 2 aromatic rings. The summed E-state index contributed by atoms with van der Waals surface area (Å²) in [5.41, 5.74) is 1.99. The van der Waals surface area contributed by atoms with E-state index in [9.17, 15) is 18.0 Å². The molecule has 23 heavy (non-hydrogen) atoms. The number of carbonyl (C=O) groups is 1. The van der Waals surface area contributed by atoms with Crippen LogP contribution in [0.4, 0.5) is 23.9 Å². The van der Waals surface area contributed by atoms with Crippen molar-refractivity contribution in [3.8, 4) is 0 Å². The molecular formula is C15H12ClF3N2OS. The summed E-state index contributed by atoms with van der Waals surface area (Å²) in [5, 5.41) is 2.80. The lowest BCUT2D eigenvalue weighted by atomic mass is 10.1. The van der Waals surface area contributed by atoms with Gasteiger partial charge in [0, 0.05) is 22.1 Å². The molecule has 1 aromatic carbocycles. The third-order valence-electron chi connectivity index (χ3n) is 3.57. The normalized spacial score (nSPS) is 14.5. The molecule has 0 atom stereocenters. The monoisotopic (exact) mass is 360 g/mol. The molecule has 1 N–H and O–H groups in total. The van der Waals surface area contributed by atoms with Gasteiger partial charge in [0.1, 0.15) is 0 Å². The lowest BCUT2D eigenvalue weighted by Gasteiger charge is -2.28. The van der Waals surface area contributed by atoms with E-state index in [1.807, 2.05) is 17.4 Å². The zero-order chi connectivity index (χ0) is 16.6. The zero-order valence-corrected chi connectivity index (χ0v) is 13.4. The van der Waals surface area contributed by atoms with Crippen molar-refractivity contribution < 1.29 is 18.0 Å². The van der Waals surface area contributed by atoms with Gasteiger partial charge in [0.25, 0.3) is 0 Å². The molecule has 0 fully saturated rings. The number of fused-ring (bicyclic) bond motifs is 1. The average Bonchev–Trinajstić information content (AvgIpc) is 2.88. The largest absolute Gasteiger partial charge is 0.471 e. The van der Waals surface area contributed by atoms with E-state index in [2.05, 4.69) is 4.90 Å². The van der Waals surface area contributed by atoms with Crippen molar-refractivity contribution >= 4 is 39.5 Å². The van der Waals surface area contributed by atoms with Crippen LogP contribution in [0.25, 0.3) is 0 Å². The van der Waals surface area contributed by atoms with Crippen molar-refractivity contribution in [2.24, 2.45) is 0 Å². The number of amides is 1. The molecule has 3 nitrogen and oxygen atoms in total. The number of rotatable bonds is 2. The standard InChI is InChI=1S/C15H12ClF3N2OS/c16-10-1-3-11(4-2-10)21-6-5-9-7-13(23-12(9)8-21)20-14(22)15(17,18)19/h1-4,7H,5-6,8H2,(H,20,22). The minimum atomic E-state index is -4.88. The SMILES string of the molecule is O=C(Nc1cc2c(s1)CN(c1ccc(Cl)cc1)CC2)C(F)(F)F. The van der Waals surface area contributed by atoms with E-state index in [0.29, 0.717) is 11.6 Å². The van der Waals surface area contributed by atoms with Gasteiger partial charge in [0.2, 0.25) is 0 Å². The van der Waals surface area contributed by atoms with Crippen molar-refractivity contribution in [1.29, 1.82) is 0 Å². The smallest absolute Gasteiger partial charge is 0.366 e. The van der Waals surface area contributed by atoms with Gasteiger partial charge >= 0.3 is 12.1 Å². The summed E-state index contributed by atoms with van der Waals surface area (Å²) in [6.07, 6.45) is -4.16. The molecule has 0 aliphatic carbocycles. The molecule has 3 rings (SSSR count). The minimum Gasteiger partial charge on any atom is -0.366 e. The fourth-order valence-electron chi connectivity index (χ4n) is 2.44. The topological polar surface area (TPSA) is 32.3 Å². The van der Waals surface area contributed by atoms with Crippen molar-refractivity contribution in [3.63, 3.8) is 0 Å². The fraction of sp³-hybridized carbons (Fsp3) is 0.267. The summed E-state index contributed by atoms with van der Waals surface area (Å²) in [6.45, 7) is 1.36. The van der Waals surface area contributed by atoms with Gasteiger partial charge in [-0.3, -0.25) is 4.79 Å². The number of alkyl halides is 3. The Kier molecular flexibility index (Phi) is 4.25. The lowest BCUT2D eigenvalue weighted by molar-refractivity contribution is -0.167. The van der Waals surface area contributed by atoms with Gasteiger partial charge in [-0.15, -0.1) is 11.3 Å². The van der Waals surface area contributed by atoms with Gasteiger partial charge in [-0.05, 0) is 42.3 Å². The molecule has 1 aromatic heterocycles. The summed E-state index contributed by atoms with van der Waals surface area (Å²) < 4.78 is 36.9. The second-order valence-electron chi connectivity index (χ2n) is 5.16. The van der Waals surface area contributed by atoms with E-state index in [0.717, 1.165) is 29.1 Å². The van der Waals surface area contributed by atoms with Crippen LogP contribution in [0.2, 0.25) is 5.02 Å². The number of halogens is 4. The molecule has 0 radical (unpaired) electrons. The first-order valence-electron chi connectivity index (χ1n) is 6.83. The molecule has 0 spiro atoms. The van der Waals surface area contributed by atoms with Crippen molar-refractivity contribution in [2.75, 3.05) is 16.8 Å². The Bertz CT molecular complexity index is 727. The summed E-state index contributed by atoms with van der Waals surface area (Å²) >= 11 is 7.05. The number of thiophene rings is 1. The van der Waals surface area contributed by atoms with Gasteiger partial charge in [-0.2, -0.15) is 13.2 Å². The van der Waals surface area contributed by atoms with Crippen LogP contribution in [0.15, 0.2) is 30.3 Å². The maximum absolute atomic E-state index is 12.3. The third-order valence-corrected chi connectivity index (χ3v) is 4.90. The van der Waals surface area contributed by atoms with Gasteiger partial charge in [0.15, 0.2) is 0 Å². The lowest BCUT2D eigenvalue weighted by Crippen LogP contribution is -2.29. The molecule has 0 bridgehead atoms. The zero-order valence-electron chi connectivity index (χ0n) is 11.8. The molecular weight excluding hydrogens is 349 g/mol. The molecule has 0 saturated carbocycles. The summed E-state index contributed by atoms with van der Waals surface area (Å²) in [6, 6.07) is 9.05.